The molecule has 1 aliphatic heterocycles. The Morgan fingerprint density at radius 1 is 1.28 bits per heavy atom. The number of aliphatic hydroxyl groups is 1. The second-order valence-corrected chi connectivity index (χ2v) is 9.98. The van der Waals surface area contributed by atoms with E-state index in [0.29, 0.717) is 18.2 Å². The lowest BCUT2D eigenvalue weighted by Crippen LogP contribution is -2.37. The summed E-state index contributed by atoms with van der Waals surface area (Å²) in [6.07, 6.45) is 1.18. The van der Waals surface area contributed by atoms with Gasteiger partial charge in [-0.25, -0.2) is 18.3 Å². The molecule has 10 nitrogen and oxygen atoms in total. The van der Waals surface area contributed by atoms with Gasteiger partial charge < -0.3 is 25.6 Å². The highest BCUT2D eigenvalue weighted by Crippen LogP contribution is 2.35. The zero-order valence-electron chi connectivity index (χ0n) is 23.7. The molecule has 15 heteroatoms. The number of rotatable bonds is 13. The first kappa shape index (κ1) is 33.7. The smallest absolute Gasteiger partial charge is 0.417 e. The number of amides is 1. The van der Waals surface area contributed by atoms with Crippen molar-refractivity contribution in [2.45, 2.75) is 57.5 Å². The molecule has 0 bridgehead atoms. The number of pyridine rings is 1. The molecule has 1 amide bonds. The Morgan fingerprint density at radius 2 is 2.00 bits per heavy atom. The lowest BCUT2D eigenvalue weighted by Gasteiger charge is -2.37. The highest BCUT2D eigenvalue weighted by molar-refractivity contribution is 5.93. The van der Waals surface area contributed by atoms with Gasteiger partial charge in [-0.2, -0.15) is 23.4 Å². The summed E-state index contributed by atoms with van der Waals surface area (Å²) in [6, 6.07) is 3.59. The van der Waals surface area contributed by atoms with Gasteiger partial charge in [0.2, 0.25) is 5.91 Å². The Bertz CT molecular complexity index is 1350. The number of hydrogen-bond acceptors (Lipinski definition) is 8. The molecule has 2 aromatic heterocycles. The molecule has 2 aromatic rings. The molecule has 1 saturated carbocycles. The Balaban J connectivity index is 0.00000248. The highest BCUT2D eigenvalue weighted by atomic mass is 19.4. The standard InChI is InChI=1S/C27H31F5N6O3.CH4O/c1-16(35-10-18-11-36-38-13-20(4-6-23(18)38)41-15-25(28)29)7-17-8-21(9-17)40-14-22(26(33)39)24-5-3-19(27(30,31)32)12-37(24)34-2;1-2/h3-6,11-13,16-17,21,25,35H,2,7-10,14-15H2,1H3,(H2,33,39);2H,1H3/b24-22+;/t16-,17?,21?;/m0./s1. The Labute approximate surface area is 245 Å². The predicted molar refractivity (Wildman–Crippen MR) is 149 cm³/mol. The van der Waals surface area contributed by atoms with Crippen LogP contribution in [0.1, 0.15) is 31.7 Å². The minimum Gasteiger partial charge on any atom is -0.486 e. The van der Waals surface area contributed by atoms with Crippen LogP contribution in [0.2, 0.25) is 0 Å². The van der Waals surface area contributed by atoms with Gasteiger partial charge in [-0.15, -0.1) is 0 Å². The van der Waals surface area contributed by atoms with Crippen LogP contribution < -0.4 is 15.8 Å². The largest absolute Gasteiger partial charge is 0.486 e. The SMILES string of the molecule is C=NN1C=C(C(F)(F)F)C=C/C1=C(/COC1CC(C[C@H](C)NCc2cnn3cc(OCC(F)F)ccc23)C1)C(N)=O.CO. The van der Waals surface area contributed by atoms with E-state index in [-0.39, 0.29) is 30.0 Å². The Kier molecular flexibility index (Phi) is 11.8. The molecule has 0 radical (unpaired) electrons. The van der Waals surface area contributed by atoms with Gasteiger partial charge in [0.15, 0.2) is 0 Å². The van der Waals surface area contributed by atoms with Crippen LogP contribution in [0.4, 0.5) is 22.0 Å². The maximum Gasteiger partial charge on any atom is 0.417 e. The van der Waals surface area contributed by atoms with E-state index in [1.54, 1.807) is 29.0 Å². The molecule has 0 spiro atoms. The fourth-order valence-electron chi connectivity index (χ4n) is 4.76. The Morgan fingerprint density at radius 3 is 2.63 bits per heavy atom. The number of carbonyl (C=O) groups is 1. The monoisotopic (exact) mass is 614 g/mol. The molecule has 4 rings (SSSR count). The van der Waals surface area contributed by atoms with Crippen molar-refractivity contribution in [1.82, 2.24) is 19.9 Å². The molecule has 1 fully saturated rings. The maximum atomic E-state index is 13.0. The number of nitrogens with two attached hydrogens (primary N) is 1. The van der Waals surface area contributed by atoms with Crippen molar-refractivity contribution in [2.75, 3.05) is 20.3 Å². The molecule has 236 valence electrons. The minimum atomic E-state index is -4.58. The molecule has 1 aliphatic carbocycles. The van der Waals surface area contributed by atoms with Crippen molar-refractivity contribution < 1.29 is 41.3 Å². The number of primary amides is 1. The molecule has 1 atom stereocenters. The van der Waals surface area contributed by atoms with Crippen molar-refractivity contribution in [2.24, 2.45) is 16.8 Å². The van der Waals surface area contributed by atoms with Crippen molar-refractivity contribution in [3.05, 3.63) is 65.3 Å². The topological polar surface area (TPSA) is 127 Å². The Hall–Kier alpha value is -3.82. The molecule has 3 heterocycles. The van der Waals surface area contributed by atoms with Crippen molar-refractivity contribution in [3.8, 4) is 5.75 Å². The normalized spacial score (nSPS) is 20.2. The molecule has 0 aromatic carbocycles. The van der Waals surface area contributed by atoms with Crippen LogP contribution in [0.3, 0.4) is 0 Å². The van der Waals surface area contributed by atoms with Gasteiger partial charge >= 0.3 is 6.18 Å². The van der Waals surface area contributed by atoms with Crippen LogP contribution in [0, 0.1) is 5.92 Å². The number of aromatic nitrogens is 2. The number of aliphatic hydroxyl groups excluding tert-OH is 1. The highest BCUT2D eigenvalue weighted by Gasteiger charge is 2.35. The number of alkyl halides is 5. The number of allylic oxidation sites excluding steroid dienone is 3. The number of halogens is 5. The maximum absolute atomic E-state index is 13.0. The van der Waals surface area contributed by atoms with E-state index in [1.807, 2.05) is 0 Å². The predicted octanol–water partition coefficient (Wildman–Crippen LogP) is 3.92. The lowest BCUT2D eigenvalue weighted by molar-refractivity contribution is -0.116. The first-order valence-corrected chi connectivity index (χ1v) is 13.4. The van der Waals surface area contributed by atoms with Crippen molar-refractivity contribution >= 4 is 18.1 Å². The zero-order chi connectivity index (χ0) is 31.7. The second kappa shape index (κ2) is 15.1. The van der Waals surface area contributed by atoms with E-state index in [9.17, 15) is 26.7 Å². The molecular weight excluding hydrogens is 579 g/mol. The summed E-state index contributed by atoms with van der Waals surface area (Å²) in [7, 11) is 1.00. The van der Waals surface area contributed by atoms with E-state index >= 15 is 0 Å². The van der Waals surface area contributed by atoms with E-state index < -0.39 is 30.7 Å². The minimum absolute atomic E-state index is 0.00529. The number of ether oxygens (including phenoxy) is 2. The van der Waals surface area contributed by atoms with Crippen molar-refractivity contribution in [3.63, 3.8) is 0 Å². The van der Waals surface area contributed by atoms with Gasteiger partial charge in [-0.3, -0.25) is 4.79 Å². The lowest BCUT2D eigenvalue weighted by atomic mass is 9.78. The fourth-order valence-corrected chi connectivity index (χ4v) is 4.76. The summed E-state index contributed by atoms with van der Waals surface area (Å²) < 4.78 is 76.3. The van der Waals surface area contributed by atoms with Gasteiger partial charge in [-0.1, -0.05) is 0 Å². The first-order valence-electron chi connectivity index (χ1n) is 13.4. The summed E-state index contributed by atoms with van der Waals surface area (Å²) in [6.45, 7) is 5.07. The van der Waals surface area contributed by atoms with Gasteiger partial charge in [0.1, 0.15) is 12.4 Å². The van der Waals surface area contributed by atoms with E-state index in [2.05, 4.69) is 29.2 Å². The van der Waals surface area contributed by atoms with Gasteiger partial charge in [0, 0.05) is 38.2 Å². The number of nitrogens with zero attached hydrogens (tertiary/aromatic N) is 4. The first-order chi connectivity index (χ1) is 20.4. The number of hydrazone groups is 1. The van der Waals surface area contributed by atoms with Crippen LogP contribution >= 0.6 is 0 Å². The number of fused-ring (bicyclic) bond motifs is 1. The van der Waals surface area contributed by atoms with Crippen LogP contribution in [0.25, 0.3) is 5.52 Å². The van der Waals surface area contributed by atoms with Crippen LogP contribution in [0.15, 0.2) is 64.8 Å². The summed E-state index contributed by atoms with van der Waals surface area (Å²) in [5.74, 6) is -0.115. The van der Waals surface area contributed by atoms with Crippen LogP contribution in [-0.4, -0.2) is 77.4 Å². The quantitative estimate of drug-likeness (QED) is 0.177. The summed E-state index contributed by atoms with van der Waals surface area (Å²) >= 11 is 0. The van der Waals surface area contributed by atoms with Crippen molar-refractivity contribution in [1.29, 1.82) is 0 Å². The van der Waals surface area contributed by atoms with E-state index in [0.717, 1.165) is 60.8 Å². The summed E-state index contributed by atoms with van der Waals surface area (Å²) in [5, 5.41) is 19.2. The molecule has 0 saturated heterocycles. The fraction of sp³-hybridized carbons (Fsp3) is 0.464. The summed E-state index contributed by atoms with van der Waals surface area (Å²) in [5.41, 5.74) is 6.44. The zero-order valence-corrected chi connectivity index (χ0v) is 23.7. The number of carbonyl (C=O) groups excluding carboxylic acids is 1. The van der Waals surface area contributed by atoms with Gasteiger partial charge in [0.05, 0.1) is 47.5 Å². The van der Waals surface area contributed by atoms with Crippen LogP contribution in [0.5, 0.6) is 5.75 Å². The van der Waals surface area contributed by atoms with Gasteiger partial charge in [-0.05, 0) is 56.4 Å². The third-order valence-electron chi connectivity index (χ3n) is 6.94. The second-order valence-electron chi connectivity index (χ2n) is 9.98. The molecule has 2 aliphatic rings. The molecular formula is C28H35F5N6O4. The van der Waals surface area contributed by atoms with Gasteiger partial charge in [0.25, 0.3) is 6.43 Å². The van der Waals surface area contributed by atoms with E-state index in [1.165, 1.54) is 0 Å². The molecule has 43 heavy (non-hydrogen) atoms. The summed E-state index contributed by atoms with van der Waals surface area (Å²) in [4.78, 5) is 12.1. The molecule has 0 unspecified atom stereocenters. The van der Waals surface area contributed by atoms with E-state index in [4.69, 9.17) is 20.3 Å². The van der Waals surface area contributed by atoms with Crippen LogP contribution in [-0.2, 0) is 16.1 Å². The average Bonchev–Trinajstić information content (AvgIpc) is 3.36. The third-order valence-corrected chi connectivity index (χ3v) is 6.94. The number of hydrogen-bond donors (Lipinski definition) is 3. The average molecular weight is 615 g/mol. The number of nitrogens with one attached hydrogen (secondary N) is 1. The third kappa shape index (κ3) is 9.08. The molecule has 4 N–H and O–H groups in total.